The Balaban J connectivity index is 2.16. The molecule has 0 bridgehead atoms. The van der Waals surface area contributed by atoms with E-state index in [0.717, 1.165) is 0 Å². The SMILES string of the molecule is CC(C)(CO)[C@@H](O)C(=O)NCCCC(=O)NN1CCOCC1. The molecule has 0 saturated carbocycles. The fraction of sp³-hybridized carbons (Fsp3) is 0.857. The third-order valence-electron chi connectivity index (χ3n) is 3.57. The number of hydrogen-bond acceptors (Lipinski definition) is 6. The Morgan fingerprint density at radius 1 is 1.32 bits per heavy atom. The quantitative estimate of drug-likeness (QED) is 0.411. The minimum Gasteiger partial charge on any atom is -0.396 e. The highest BCUT2D eigenvalue weighted by atomic mass is 16.5. The summed E-state index contributed by atoms with van der Waals surface area (Å²) in [5, 5.41) is 23.3. The maximum absolute atomic E-state index is 11.7. The zero-order chi connectivity index (χ0) is 16.6. The van der Waals surface area contributed by atoms with Crippen molar-refractivity contribution >= 4 is 11.8 Å². The third-order valence-corrected chi connectivity index (χ3v) is 3.57. The Hall–Kier alpha value is -1.22. The first-order chi connectivity index (χ1) is 10.4. The second-order valence-corrected chi connectivity index (χ2v) is 6.08. The van der Waals surface area contributed by atoms with Crippen molar-refractivity contribution in [1.82, 2.24) is 15.8 Å². The molecule has 1 fully saturated rings. The van der Waals surface area contributed by atoms with Gasteiger partial charge in [-0.05, 0) is 6.42 Å². The van der Waals surface area contributed by atoms with Gasteiger partial charge in [-0.2, -0.15) is 0 Å². The number of rotatable bonds is 8. The second kappa shape index (κ2) is 9.04. The molecule has 0 unspecified atom stereocenters. The first kappa shape index (κ1) is 18.8. The van der Waals surface area contributed by atoms with E-state index in [2.05, 4.69) is 10.7 Å². The van der Waals surface area contributed by atoms with E-state index in [1.54, 1.807) is 13.8 Å². The summed E-state index contributed by atoms with van der Waals surface area (Å²) >= 11 is 0. The zero-order valence-corrected chi connectivity index (χ0v) is 13.3. The number of aliphatic hydroxyl groups is 2. The van der Waals surface area contributed by atoms with Crippen LogP contribution >= 0.6 is 0 Å². The van der Waals surface area contributed by atoms with Crippen LogP contribution in [-0.4, -0.2) is 72.6 Å². The van der Waals surface area contributed by atoms with Gasteiger partial charge in [0.25, 0.3) is 0 Å². The van der Waals surface area contributed by atoms with Crippen LogP contribution in [0.2, 0.25) is 0 Å². The van der Waals surface area contributed by atoms with Crippen molar-refractivity contribution in [3.63, 3.8) is 0 Å². The number of nitrogens with zero attached hydrogens (tertiary/aromatic N) is 1. The number of amides is 2. The van der Waals surface area contributed by atoms with Gasteiger partial charge in [-0.1, -0.05) is 13.8 Å². The smallest absolute Gasteiger partial charge is 0.249 e. The molecular formula is C14H27N3O5. The van der Waals surface area contributed by atoms with Crippen LogP contribution in [0.25, 0.3) is 0 Å². The number of nitrogens with one attached hydrogen (secondary N) is 2. The van der Waals surface area contributed by atoms with Gasteiger partial charge in [0.05, 0.1) is 19.8 Å². The van der Waals surface area contributed by atoms with Crippen molar-refractivity contribution in [2.75, 3.05) is 39.5 Å². The summed E-state index contributed by atoms with van der Waals surface area (Å²) in [6.45, 7) is 5.77. The van der Waals surface area contributed by atoms with Crippen molar-refractivity contribution in [3.8, 4) is 0 Å². The van der Waals surface area contributed by atoms with E-state index >= 15 is 0 Å². The Bertz CT molecular complexity index is 369. The molecule has 0 aliphatic carbocycles. The molecule has 4 N–H and O–H groups in total. The molecule has 1 heterocycles. The maximum atomic E-state index is 11.7. The van der Waals surface area contributed by atoms with Crippen LogP contribution in [0.3, 0.4) is 0 Å². The van der Waals surface area contributed by atoms with Crippen molar-refractivity contribution in [1.29, 1.82) is 0 Å². The topological polar surface area (TPSA) is 111 Å². The summed E-state index contributed by atoms with van der Waals surface area (Å²) in [5.74, 6) is -0.639. The van der Waals surface area contributed by atoms with Crippen LogP contribution in [0.1, 0.15) is 26.7 Å². The molecule has 2 amide bonds. The average Bonchev–Trinajstić information content (AvgIpc) is 2.51. The summed E-state index contributed by atoms with van der Waals surface area (Å²) in [4.78, 5) is 23.4. The lowest BCUT2D eigenvalue weighted by Gasteiger charge is -2.27. The molecule has 1 rings (SSSR count). The van der Waals surface area contributed by atoms with Gasteiger partial charge in [-0.3, -0.25) is 15.0 Å². The van der Waals surface area contributed by atoms with Crippen molar-refractivity contribution in [2.45, 2.75) is 32.8 Å². The summed E-state index contributed by atoms with van der Waals surface area (Å²) in [6, 6.07) is 0. The molecule has 8 heteroatoms. The van der Waals surface area contributed by atoms with E-state index in [1.165, 1.54) is 0 Å². The molecule has 1 aliphatic rings. The summed E-state index contributed by atoms with van der Waals surface area (Å²) in [7, 11) is 0. The van der Waals surface area contributed by atoms with Gasteiger partial charge in [0.15, 0.2) is 0 Å². The van der Waals surface area contributed by atoms with Crippen LogP contribution in [0.15, 0.2) is 0 Å². The number of hydrogen-bond donors (Lipinski definition) is 4. The van der Waals surface area contributed by atoms with Gasteiger partial charge < -0.3 is 20.3 Å². The molecule has 0 aromatic carbocycles. The molecule has 1 atom stereocenters. The monoisotopic (exact) mass is 317 g/mol. The van der Waals surface area contributed by atoms with Crippen LogP contribution in [-0.2, 0) is 14.3 Å². The molecule has 128 valence electrons. The van der Waals surface area contributed by atoms with Crippen LogP contribution in [0, 0.1) is 5.41 Å². The van der Waals surface area contributed by atoms with E-state index in [9.17, 15) is 14.7 Å². The number of carbonyl (C=O) groups excluding carboxylic acids is 2. The summed E-state index contributed by atoms with van der Waals surface area (Å²) < 4.78 is 5.18. The summed E-state index contributed by atoms with van der Waals surface area (Å²) in [6.07, 6.45) is -0.509. The Labute approximate surface area is 130 Å². The Kier molecular flexibility index (Phi) is 7.74. The molecule has 0 radical (unpaired) electrons. The number of carbonyl (C=O) groups is 2. The Morgan fingerprint density at radius 2 is 1.95 bits per heavy atom. The zero-order valence-electron chi connectivity index (χ0n) is 13.3. The lowest BCUT2D eigenvalue weighted by molar-refractivity contribution is -0.137. The van der Waals surface area contributed by atoms with Crippen molar-refractivity contribution in [2.24, 2.45) is 5.41 Å². The van der Waals surface area contributed by atoms with Crippen molar-refractivity contribution < 1.29 is 24.5 Å². The largest absolute Gasteiger partial charge is 0.396 e. The first-order valence-corrected chi connectivity index (χ1v) is 7.55. The minimum absolute atomic E-state index is 0.104. The number of ether oxygens (including phenoxy) is 1. The van der Waals surface area contributed by atoms with E-state index in [0.29, 0.717) is 39.3 Å². The predicted octanol–water partition coefficient (Wildman–Crippen LogP) is -1.37. The second-order valence-electron chi connectivity index (χ2n) is 6.08. The number of aliphatic hydroxyl groups excluding tert-OH is 2. The highest BCUT2D eigenvalue weighted by molar-refractivity contribution is 5.81. The number of morpholine rings is 1. The molecule has 0 aromatic heterocycles. The lowest BCUT2D eigenvalue weighted by atomic mass is 9.87. The molecule has 22 heavy (non-hydrogen) atoms. The van der Waals surface area contributed by atoms with Gasteiger partial charge >= 0.3 is 0 Å². The molecule has 0 aromatic rings. The first-order valence-electron chi connectivity index (χ1n) is 7.55. The predicted molar refractivity (Wildman–Crippen MR) is 79.7 cm³/mol. The number of hydrazine groups is 1. The standard InChI is InChI=1S/C14H27N3O5/c1-14(2,10-18)12(20)13(21)15-5-3-4-11(19)16-17-6-8-22-9-7-17/h12,18,20H,3-10H2,1-2H3,(H,15,21)(H,16,19)/t12-/m0/s1. The van der Waals surface area contributed by atoms with Gasteiger partial charge in [0.2, 0.25) is 11.8 Å². The fourth-order valence-electron chi connectivity index (χ4n) is 1.91. The van der Waals surface area contributed by atoms with Crippen LogP contribution < -0.4 is 10.7 Å². The van der Waals surface area contributed by atoms with Crippen molar-refractivity contribution in [3.05, 3.63) is 0 Å². The average molecular weight is 317 g/mol. The van der Waals surface area contributed by atoms with E-state index in [-0.39, 0.29) is 18.9 Å². The third kappa shape index (κ3) is 6.27. The normalized spacial score (nSPS) is 17.8. The highest BCUT2D eigenvalue weighted by Crippen LogP contribution is 2.19. The summed E-state index contributed by atoms with van der Waals surface area (Å²) in [5.41, 5.74) is 1.89. The molecule has 1 aliphatic heterocycles. The molecule has 0 spiro atoms. The van der Waals surface area contributed by atoms with Gasteiger partial charge in [0.1, 0.15) is 6.10 Å². The van der Waals surface area contributed by atoms with Crippen LogP contribution in [0.5, 0.6) is 0 Å². The van der Waals surface area contributed by atoms with Gasteiger partial charge in [0, 0.05) is 31.5 Å². The fourth-order valence-corrected chi connectivity index (χ4v) is 1.91. The van der Waals surface area contributed by atoms with E-state index in [1.807, 2.05) is 5.01 Å². The lowest BCUT2D eigenvalue weighted by Crippen LogP contribution is -2.48. The van der Waals surface area contributed by atoms with E-state index < -0.39 is 17.4 Å². The van der Waals surface area contributed by atoms with Gasteiger partial charge in [-0.15, -0.1) is 0 Å². The van der Waals surface area contributed by atoms with E-state index in [4.69, 9.17) is 9.84 Å². The molecule has 8 nitrogen and oxygen atoms in total. The van der Waals surface area contributed by atoms with Gasteiger partial charge in [-0.25, -0.2) is 5.01 Å². The molecule has 1 saturated heterocycles. The highest BCUT2D eigenvalue weighted by Gasteiger charge is 2.32. The van der Waals surface area contributed by atoms with Crippen LogP contribution in [0.4, 0.5) is 0 Å². The molecular weight excluding hydrogens is 290 g/mol. The Morgan fingerprint density at radius 3 is 2.55 bits per heavy atom. The minimum atomic E-state index is -1.28. The maximum Gasteiger partial charge on any atom is 0.249 e.